The predicted molar refractivity (Wildman–Crippen MR) is 67.7 cm³/mol. The van der Waals surface area contributed by atoms with Crippen molar-refractivity contribution in [3.63, 3.8) is 0 Å². The maximum absolute atomic E-state index is 9.86. The molecule has 3 aromatic rings. The first-order valence-corrected chi connectivity index (χ1v) is 5.56. The molecule has 3 rings (SSSR count). The minimum absolute atomic E-state index is 0.178. The number of halogens is 1. The Morgan fingerprint density at radius 3 is 2.53 bits per heavy atom. The molecule has 0 atom stereocenters. The van der Waals surface area contributed by atoms with Gasteiger partial charge in [-0.25, -0.2) is 4.98 Å². The Morgan fingerprint density at radius 2 is 1.71 bits per heavy atom. The Balaban J connectivity index is 2.38. The molecule has 17 heavy (non-hydrogen) atoms. The quantitative estimate of drug-likeness (QED) is 0.713. The van der Waals surface area contributed by atoms with Gasteiger partial charge in [0.2, 0.25) is 5.28 Å². The fourth-order valence-corrected chi connectivity index (χ4v) is 2.15. The summed E-state index contributed by atoms with van der Waals surface area (Å²) in [6.07, 6.45) is 0. The SMILES string of the molecule is Oc1ccccc1-n1c(Cl)nc2ccccc21. The van der Waals surface area contributed by atoms with Crippen molar-refractivity contribution < 1.29 is 5.11 Å². The topological polar surface area (TPSA) is 38.0 Å². The lowest BCUT2D eigenvalue weighted by atomic mass is 10.2. The third-order valence-corrected chi connectivity index (χ3v) is 2.90. The maximum atomic E-state index is 9.86. The van der Waals surface area contributed by atoms with E-state index in [1.165, 1.54) is 0 Å². The van der Waals surface area contributed by atoms with Gasteiger partial charge in [0.1, 0.15) is 5.75 Å². The standard InChI is InChI=1S/C13H9ClN2O/c14-13-15-9-5-1-2-6-10(9)16(13)11-7-3-4-8-12(11)17/h1-8,17H. The van der Waals surface area contributed by atoms with Gasteiger partial charge >= 0.3 is 0 Å². The van der Waals surface area contributed by atoms with E-state index in [1.807, 2.05) is 30.3 Å². The van der Waals surface area contributed by atoms with E-state index in [9.17, 15) is 5.11 Å². The number of benzene rings is 2. The van der Waals surface area contributed by atoms with E-state index in [0.717, 1.165) is 11.0 Å². The van der Waals surface area contributed by atoms with Crippen molar-refractivity contribution in [3.8, 4) is 11.4 Å². The minimum atomic E-state index is 0.178. The van der Waals surface area contributed by atoms with Crippen LogP contribution in [0, 0.1) is 0 Å². The molecule has 0 radical (unpaired) electrons. The molecule has 4 heteroatoms. The van der Waals surface area contributed by atoms with Crippen LogP contribution in [0.5, 0.6) is 5.75 Å². The van der Waals surface area contributed by atoms with Gasteiger partial charge < -0.3 is 5.11 Å². The maximum Gasteiger partial charge on any atom is 0.208 e. The van der Waals surface area contributed by atoms with Crippen LogP contribution in [0.2, 0.25) is 5.28 Å². The van der Waals surface area contributed by atoms with Gasteiger partial charge in [-0.05, 0) is 35.9 Å². The van der Waals surface area contributed by atoms with Gasteiger partial charge in [-0.3, -0.25) is 4.57 Å². The molecule has 0 saturated heterocycles. The zero-order chi connectivity index (χ0) is 11.8. The summed E-state index contributed by atoms with van der Waals surface area (Å²) in [5.41, 5.74) is 2.31. The highest BCUT2D eigenvalue weighted by molar-refractivity contribution is 6.29. The smallest absolute Gasteiger partial charge is 0.208 e. The number of nitrogens with zero attached hydrogens (tertiary/aromatic N) is 2. The van der Waals surface area contributed by atoms with Crippen molar-refractivity contribution in [2.45, 2.75) is 0 Å². The van der Waals surface area contributed by atoms with Crippen LogP contribution in [0.1, 0.15) is 0 Å². The van der Waals surface area contributed by atoms with E-state index in [2.05, 4.69) is 4.98 Å². The molecular weight excluding hydrogens is 236 g/mol. The van der Waals surface area contributed by atoms with Crippen molar-refractivity contribution in [2.75, 3.05) is 0 Å². The van der Waals surface area contributed by atoms with E-state index < -0.39 is 0 Å². The van der Waals surface area contributed by atoms with Crippen molar-refractivity contribution in [1.82, 2.24) is 9.55 Å². The van der Waals surface area contributed by atoms with Crippen LogP contribution in [0.4, 0.5) is 0 Å². The monoisotopic (exact) mass is 244 g/mol. The van der Waals surface area contributed by atoms with Crippen LogP contribution >= 0.6 is 11.6 Å². The highest BCUT2D eigenvalue weighted by Crippen LogP contribution is 2.29. The summed E-state index contributed by atoms with van der Waals surface area (Å²) in [6, 6.07) is 14.7. The largest absolute Gasteiger partial charge is 0.506 e. The molecule has 0 bridgehead atoms. The van der Waals surface area contributed by atoms with E-state index in [1.54, 1.807) is 22.8 Å². The Bertz CT molecular complexity index is 691. The summed E-state index contributed by atoms with van der Waals surface area (Å²) in [7, 11) is 0. The van der Waals surface area contributed by atoms with Gasteiger partial charge in [-0.1, -0.05) is 24.3 Å². The number of phenolic OH excluding ortho intramolecular Hbond substituents is 1. The lowest BCUT2D eigenvalue weighted by molar-refractivity contribution is 0.472. The van der Waals surface area contributed by atoms with Gasteiger partial charge in [-0.2, -0.15) is 0 Å². The van der Waals surface area contributed by atoms with E-state index in [0.29, 0.717) is 11.0 Å². The van der Waals surface area contributed by atoms with Crippen LogP contribution in [0.15, 0.2) is 48.5 Å². The summed E-state index contributed by atoms with van der Waals surface area (Å²) in [6.45, 7) is 0. The number of rotatable bonds is 1. The fourth-order valence-electron chi connectivity index (χ4n) is 1.88. The number of para-hydroxylation sites is 4. The lowest BCUT2D eigenvalue weighted by Gasteiger charge is -2.07. The molecule has 84 valence electrons. The normalized spacial score (nSPS) is 10.9. The first-order chi connectivity index (χ1) is 8.27. The molecule has 0 aliphatic rings. The molecule has 0 saturated carbocycles. The number of imidazole rings is 1. The van der Waals surface area contributed by atoms with Crippen molar-refractivity contribution in [3.05, 3.63) is 53.8 Å². The van der Waals surface area contributed by atoms with Gasteiger partial charge in [0, 0.05) is 0 Å². The summed E-state index contributed by atoms with van der Waals surface area (Å²) < 4.78 is 1.73. The van der Waals surface area contributed by atoms with Gasteiger partial charge in [0.05, 0.1) is 16.7 Å². The van der Waals surface area contributed by atoms with E-state index in [-0.39, 0.29) is 5.75 Å². The molecule has 0 aliphatic carbocycles. The molecule has 0 aliphatic heterocycles. The summed E-state index contributed by atoms with van der Waals surface area (Å²) in [4.78, 5) is 4.25. The average Bonchev–Trinajstić information content (AvgIpc) is 2.66. The molecular formula is C13H9ClN2O. The summed E-state index contributed by atoms with van der Waals surface area (Å²) in [5, 5.41) is 10.2. The number of hydrogen-bond acceptors (Lipinski definition) is 2. The minimum Gasteiger partial charge on any atom is -0.506 e. The summed E-state index contributed by atoms with van der Waals surface area (Å²) in [5.74, 6) is 0.178. The third-order valence-electron chi connectivity index (χ3n) is 2.64. The van der Waals surface area contributed by atoms with Crippen LogP contribution in [0.3, 0.4) is 0 Å². The second kappa shape index (κ2) is 3.79. The van der Waals surface area contributed by atoms with Crippen LogP contribution in [-0.4, -0.2) is 14.7 Å². The molecule has 0 fully saturated rings. The van der Waals surface area contributed by atoms with Gasteiger partial charge in [-0.15, -0.1) is 0 Å². The number of fused-ring (bicyclic) bond motifs is 1. The highest BCUT2D eigenvalue weighted by Gasteiger charge is 2.12. The second-order valence-corrected chi connectivity index (χ2v) is 4.03. The third kappa shape index (κ3) is 1.56. The molecule has 1 aromatic heterocycles. The molecule has 3 nitrogen and oxygen atoms in total. The van der Waals surface area contributed by atoms with Gasteiger partial charge in [0.15, 0.2) is 0 Å². The molecule has 0 amide bonds. The first kappa shape index (κ1) is 10.2. The van der Waals surface area contributed by atoms with E-state index >= 15 is 0 Å². The fraction of sp³-hybridized carbons (Fsp3) is 0. The van der Waals surface area contributed by atoms with Gasteiger partial charge in [0.25, 0.3) is 0 Å². The molecule has 0 spiro atoms. The Labute approximate surface area is 103 Å². The number of aromatic hydroxyl groups is 1. The van der Waals surface area contributed by atoms with Crippen LogP contribution in [-0.2, 0) is 0 Å². The first-order valence-electron chi connectivity index (χ1n) is 5.19. The summed E-state index contributed by atoms with van der Waals surface area (Å²) >= 11 is 6.11. The second-order valence-electron chi connectivity index (χ2n) is 3.69. The highest BCUT2D eigenvalue weighted by atomic mass is 35.5. The molecule has 1 N–H and O–H groups in total. The average molecular weight is 245 g/mol. The van der Waals surface area contributed by atoms with Crippen LogP contribution < -0.4 is 0 Å². The zero-order valence-corrected chi connectivity index (χ0v) is 9.59. The zero-order valence-electron chi connectivity index (χ0n) is 8.84. The Hall–Kier alpha value is -2.00. The Kier molecular flexibility index (Phi) is 2.27. The van der Waals surface area contributed by atoms with Crippen LogP contribution in [0.25, 0.3) is 16.7 Å². The van der Waals surface area contributed by atoms with Crippen molar-refractivity contribution in [2.24, 2.45) is 0 Å². The van der Waals surface area contributed by atoms with Crippen molar-refractivity contribution in [1.29, 1.82) is 0 Å². The molecule has 2 aromatic carbocycles. The Morgan fingerprint density at radius 1 is 1.00 bits per heavy atom. The number of phenols is 1. The number of hydrogen-bond donors (Lipinski definition) is 1. The van der Waals surface area contributed by atoms with E-state index in [4.69, 9.17) is 11.6 Å². The lowest BCUT2D eigenvalue weighted by Crippen LogP contribution is -1.94. The molecule has 0 unspecified atom stereocenters. The predicted octanol–water partition coefficient (Wildman–Crippen LogP) is 3.38. The van der Waals surface area contributed by atoms with Crippen molar-refractivity contribution >= 4 is 22.6 Å². The molecule has 1 heterocycles. The number of aromatic nitrogens is 2.